The Morgan fingerprint density at radius 3 is 0.835 bits per heavy atom. The van der Waals surface area contributed by atoms with Crippen molar-refractivity contribution in [3.05, 3.63) is 284 Å². The van der Waals surface area contributed by atoms with Gasteiger partial charge in [0, 0.05) is 15.6 Å². The number of hydrogen-bond donors (Lipinski definition) is 2. The monoisotopic (exact) mass is 1470 g/mol. The van der Waals surface area contributed by atoms with Crippen molar-refractivity contribution in [2.45, 2.75) is 7.43 Å². The Morgan fingerprint density at radius 1 is 0.320 bits per heavy atom. The van der Waals surface area contributed by atoms with Crippen molar-refractivity contribution in [3.63, 3.8) is 0 Å². The lowest BCUT2D eigenvalue weighted by Crippen LogP contribution is -2.10. The van der Waals surface area contributed by atoms with Gasteiger partial charge in [0.2, 0.25) is 5.91 Å². The molecule has 0 aromatic heterocycles. The van der Waals surface area contributed by atoms with Crippen LogP contribution in [-0.4, -0.2) is 114 Å². The van der Waals surface area contributed by atoms with Crippen molar-refractivity contribution in [1.29, 1.82) is 10.5 Å². The average Bonchev–Trinajstić information content (AvgIpc) is 0.824. The molecule has 12 aromatic rings. The van der Waals surface area contributed by atoms with Gasteiger partial charge in [-0.05, 0) is 222 Å². The first-order valence-electron chi connectivity index (χ1n) is 29.9. The van der Waals surface area contributed by atoms with Crippen LogP contribution >= 0.6 is 27.5 Å². The van der Waals surface area contributed by atoms with Gasteiger partial charge in [-0.25, -0.2) is 38.4 Å². The van der Waals surface area contributed by atoms with E-state index in [9.17, 15) is 47.9 Å². The topological polar surface area (TPSA) is 329 Å². The van der Waals surface area contributed by atoms with Crippen LogP contribution < -0.4 is 5.73 Å². The molecule has 0 radical (unpaired) electrons. The number of nitrogens with two attached hydrogens (primary N) is 1. The van der Waals surface area contributed by atoms with Crippen LogP contribution in [0.3, 0.4) is 0 Å². The van der Waals surface area contributed by atoms with E-state index in [2.05, 4.69) is 61.2 Å². The third-order valence-corrected chi connectivity index (χ3v) is 15.9. The standard InChI is InChI=1S/C14H12O4.C13H8BrNO2.C13H9ClO3.C13H11NO3.C13H9NO2.C13H10O4.CH4/c1-17-13(15)11-5-3-10-8-12(14(16)18-2)6-4-9(10)7-11;1-17-13(16)10-5-9-3-2-8(7-15)4-11(9)12(14)6-10;2*1-17-13(16)11-5-3-8-6-10(12(14)15)4-2-9(8)7-11;1-16-13(15)12-5-4-10-6-9(8-14)2-3-11(10)7-12;1-17-13(16)11-5-3-8-6-10(12(14)15)4-2-9(8)7-11;/h3-8H,1-2H3;2-6H,1H3;2-7H,1H3;2-7H,1H3,(H2,14,15);2-7H,1H3;2-7H,1H3,(H,14,15);1H4. The number of amides is 1. The summed E-state index contributed by atoms with van der Waals surface area (Å²) in [4.78, 5) is 112. The number of carbonyl (C=O) groups is 10. The average molecular weight is 1470 g/mol. The number of aromatic carboxylic acids is 1. The number of halogens is 2. The van der Waals surface area contributed by atoms with Gasteiger partial charge in [-0.1, -0.05) is 90.1 Å². The maximum absolute atomic E-state index is 11.4. The largest absolute Gasteiger partial charge is 0.478 e. The first kappa shape index (κ1) is 78.8. The van der Waals surface area contributed by atoms with Crippen LogP contribution in [0.1, 0.15) is 122 Å². The van der Waals surface area contributed by atoms with Crippen LogP contribution in [0.2, 0.25) is 0 Å². The van der Waals surface area contributed by atoms with Gasteiger partial charge in [0.1, 0.15) is 0 Å². The van der Waals surface area contributed by atoms with Gasteiger partial charge in [-0.15, -0.1) is 0 Å². The van der Waals surface area contributed by atoms with E-state index >= 15 is 0 Å². The highest BCUT2D eigenvalue weighted by Crippen LogP contribution is 2.29. The second-order valence-corrected chi connectivity index (χ2v) is 22.6. The second-order valence-electron chi connectivity index (χ2n) is 21.4. The highest BCUT2D eigenvalue weighted by atomic mass is 79.9. The van der Waals surface area contributed by atoms with Gasteiger partial charge >= 0.3 is 47.8 Å². The zero-order valence-corrected chi connectivity index (χ0v) is 57.7. The number of ether oxygens (including phenoxy) is 7. The molecule has 0 aliphatic rings. The number of primary amides is 1. The van der Waals surface area contributed by atoms with Gasteiger partial charge in [0.15, 0.2) is 0 Å². The van der Waals surface area contributed by atoms with Crippen LogP contribution in [0.25, 0.3) is 64.6 Å². The lowest BCUT2D eigenvalue weighted by Gasteiger charge is -2.05. The van der Waals surface area contributed by atoms with Crippen LogP contribution in [0, 0.1) is 22.7 Å². The van der Waals surface area contributed by atoms with E-state index in [-0.39, 0.29) is 48.8 Å². The summed E-state index contributed by atoms with van der Waals surface area (Å²) in [6.07, 6.45) is 0. The molecule has 21 nitrogen and oxygen atoms in total. The Hall–Kier alpha value is -13.2. The summed E-state index contributed by atoms with van der Waals surface area (Å²) in [5, 5.41) is 36.3. The summed E-state index contributed by atoms with van der Waals surface area (Å²) in [5.74, 6) is -4.11. The first-order chi connectivity index (χ1) is 48.9. The Kier molecular flexibility index (Phi) is 28.4. The van der Waals surface area contributed by atoms with Crippen LogP contribution in [0.5, 0.6) is 0 Å². The molecule has 0 heterocycles. The Morgan fingerprint density at radius 2 is 0.544 bits per heavy atom. The third-order valence-electron chi connectivity index (χ3n) is 15.1. The van der Waals surface area contributed by atoms with E-state index < -0.39 is 23.1 Å². The van der Waals surface area contributed by atoms with Gasteiger partial charge in [0.05, 0.1) is 118 Å². The highest BCUT2D eigenvalue weighted by Gasteiger charge is 2.15. The van der Waals surface area contributed by atoms with Gasteiger partial charge in [-0.3, -0.25) is 9.59 Å². The fourth-order valence-electron chi connectivity index (χ4n) is 9.79. The molecule has 0 saturated carbocycles. The number of carbonyl (C=O) groups excluding carboxylic acids is 9. The van der Waals surface area contributed by atoms with E-state index in [1.165, 1.54) is 55.8 Å². The summed E-state index contributed by atoms with van der Waals surface area (Å²) in [6.45, 7) is 0. The highest BCUT2D eigenvalue weighted by molar-refractivity contribution is 9.10. The molecular formula is C80H63BrClN3O18. The molecule has 103 heavy (non-hydrogen) atoms. The van der Waals surface area contributed by atoms with Crippen molar-refractivity contribution in [1.82, 2.24) is 0 Å². The van der Waals surface area contributed by atoms with E-state index in [4.69, 9.17) is 33.0 Å². The summed E-state index contributed by atoms with van der Waals surface area (Å²) in [7, 11) is 9.37. The van der Waals surface area contributed by atoms with Crippen LogP contribution in [-0.2, 0) is 33.2 Å². The fraction of sp³-hybridized carbons (Fsp3) is 0.100. The number of carboxylic acid groups (broad SMARTS) is 1. The number of nitriles is 2. The van der Waals surface area contributed by atoms with E-state index in [1.54, 1.807) is 188 Å². The van der Waals surface area contributed by atoms with E-state index in [0.29, 0.717) is 61.2 Å². The number of fused-ring (bicyclic) bond motifs is 6. The number of rotatable bonds is 10. The number of nitrogens with zero attached hydrogens (tertiary/aromatic N) is 2. The predicted molar refractivity (Wildman–Crippen MR) is 393 cm³/mol. The summed E-state index contributed by atoms with van der Waals surface area (Å²) < 4.78 is 33.3. The van der Waals surface area contributed by atoms with Gasteiger partial charge in [0.25, 0.3) is 5.24 Å². The lowest BCUT2D eigenvalue weighted by atomic mass is 10.0. The molecule has 0 bridgehead atoms. The molecule has 0 spiro atoms. The molecule has 0 aliphatic heterocycles. The van der Waals surface area contributed by atoms with Crippen LogP contribution in [0.15, 0.2) is 217 Å². The normalized spacial score (nSPS) is 9.97. The van der Waals surface area contributed by atoms with Crippen molar-refractivity contribution in [3.8, 4) is 12.1 Å². The molecule has 0 unspecified atom stereocenters. The zero-order chi connectivity index (χ0) is 74.3. The summed E-state index contributed by atoms with van der Waals surface area (Å²) in [6, 6.07) is 63.9. The quantitative estimate of drug-likeness (QED) is 0.0729. The van der Waals surface area contributed by atoms with Gasteiger partial charge < -0.3 is 44.0 Å². The lowest BCUT2D eigenvalue weighted by molar-refractivity contribution is 0.0591. The van der Waals surface area contributed by atoms with Crippen molar-refractivity contribution in [2.75, 3.05) is 49.8 Å². The molecule has 1 amide bonds. The summed E-state index contributed by atoms with van der Waals surface area (Å²) in [5.41, 5.74) is 10.9. The minimum Gasteiger partial charge on any atom is -0.478 e. The molecule has 520 valence electrons. The smallest absolute Gasteiger partial charge is 0.337 e. The predicted octanol–water partition coefficient (Wildman–Crippen LogP) is 15.9. The Labute approximate surface area is 603 Å². The SMILES string of the molecule is C.COC(=O)c1cc(Br)c2cc(C#N)ccc2c1.COC(=O)c1ccc2cc(C#N)ccc2c1.COC(=O)c1ccc2cc(C(=O)Cl)ccc2c1.COC(=O)c1ccc2cc(C(=O)O)ccc2c1.COC(=O)c1ccc2cc(C(=O)OC)ccc2c1.COC(=O)c1ccc2cc(C(N)=O)ccc2c1. The van der Waals surface area contributed by atoms with Gasteiger partial charge in [-0.2, -0.15) is 10.5 Å². The molecule has 12 rings (SSSR count). The molecule has 0 saturated heterocycles. The molecule has 0 aliphatic carbocycles. The molecule has 0 atom stereocenters. The zero-order valence-electron chi connectivity index (χ0n) is 55.3. The fourth-order valence-corrected chi connectivity index (χ4v) is 10.5. The third kappa shape index (κ3) is 20.7. The molecule has 0 fully saturated rings. The molecule has 12 aromatic carbocycles. The van der Waals surface area contributed by atoms with Crippen molar-refractivity contribution >= 4 is 151 Å². The van der Waals surface area contributed by atoms with E-state index in [1.807, 2.05) is 18.2 Å². The molecule has 3 N–H and O–H groups in total. The second kappa shape index (κ2) is 37.2. The number of methoxy groups -OCH3 is 7. The Bertz CT molecular complexity index is 5080. The number of benzene rings is 12. The van der Waals surface area contributed by atoms with Crippen LogP contribution in [0.4, 0.5) is 0 Å². The first-order valence-corrected chi connectivity index (χ1v) is 31.1. The molecule has 23 heteroatoms. The minimum absolute atomic E-state index is 0. The number of carboxylic acids is 1. The summed E-state index contributed by atoms with van der Waals surface area (Å²) >= 11 is 8.79. The number of hydrogen-bond acceptors (Lipinski definition) is 19. The minimum atomic E-state index is -0.969. The Balaban J connectivity index is 0.000000194. The van der Waals surface area contributed by atoms with Crippen molar-refractivity contribution in [2.24, 2.45) is 5.73 Å². The maximum Gasteiger partial charge on any atom is 0.337 e. The molecular weight excluding hydrogens is 1410 g/mol. The number of esters is 7. The maximum atomic E-state index is 11.4. The van der Waals surface area contributed by atoms with E-state index in [0.717, 1.165) is 69.1 Å². The van der Waals surface area contributed by atoms with Crippen molar-refractivity contribution < 1.29 is 86.2 Å².